The number of hydrogen-bond acceptors (Lipinski definition) is 7. The lowest BCUT2D eigenvalue weighted by Crippen LogP contribution is -2.46. The molecule has 1 aliphatic heterocycles. The Hall–Kier alpha value is -3.60. The van der Waals surface area contributed by atoms with Crippen LogP contribution in [0.3, 0.4) is 0 Å². The van der Waals surface area contributed by atoms with Crippen molar-refractivity contribution in [3.05, 3.63) is 101 Å². The summed E-state index contributed by atoms with van der Waals surface area (Å²) in [4.78, 5) is 25.6. The van der Waals surface area contributed by atoms with Gasteiger partial charge in [0.25, 0.3) is 0 Å². The van der Waals surface area contributed by atoms with E-state index < -0.39 is 12.4 Å². The zero-order valence-electron chi connectivity index (χ0n) is 27.4. The Labute approximate surface area is 272 Å². The molecule has 4 N–H and O–H groups in total. The maximum absolute atomic E-state index is 12.5. The molecule has 2 amide bonds. The molecule has 1 fully saturated rings. The summed E-state index contributed by atoms with van der Waals surface area (Å²) >= 11 is 0. The monoisotopic (exact) mass is 631 g/mol. The molecule has 1 aliphatic rings. The summed E-state index contributed by atoms with van der Waals surface area (Å²) in [5.41, 5.74) is 4.25. The number of carbonyl (C=O) groups is 2. The normalized spacial score (nSPS) is 21.0. The highest BCUT2D eigenvalue weighted by molar-refractivity contribution is 5.90. The standard InChI is InChI=1S/C37H49N3O6/c1-25-33(23-40(4)26(2)35(44)29-11-7-5-8-12-29)45-37(46-36(25)30-16-14-28(24-41)15-17-30)31-18-20-32(21-19-31)39-34(43)13-9-6-10-22-38-27(3)42/h5,7-8,11-12,14-21,25-26,33,35-37,41,44H,6,9-10,13,22-24H2,1-4H3,(H,38,42)(H,39,43)/t25-,26+,33+,35+,36+,37+/m1/s1. The average Bonchev–Trinajstić information content (AvgIpc) is 3.07. The molecule has 0 spiro atoms. The highest BCUT2D eigenvalue weighted by atomic mass is 16.7. The molecule has 0 aliphatic carbocycles. The van der Waals surface area contributed by atoms with Gasteiger partial charge in [-0.05, 0) is 55.6 Å². The minimum absolute atomic E-state index is 0.00320. The van der Waals surface area contributed by atoms with Gasteiger partial charge >= 0.3 is 0 Å². The van der Waals surface area contributed by atoms with Crippen LogP contribution in [0.4, 0.5) is 5.69 Å². The molecule has 3 aromatic carbocycles. The minimum Gasteiger partial charge on any atom is -0.392 e. The summed E-state index contributed by atoms with van der Waals surface area (Å²) in [6.07, 6.45) is 1.13. The number of nitrogens with zero attached hydrogens (tertiary/aromatic N) is 1. The van der Waals surface area contributed by atoms with Crippen LogP contribution in [0.5, 0.6) is 0 Å². The first kappa shape index (κ1) is 35.3. The lowest BCUT2D eigenvalue weighted by Gasteiger charge is -2.43. The van der Waals surface area contributed by atoms with Crippen LogP contribution in [-0.4, -0.2) is 59.2 Å². The quantitative estimate of drug-likeness (QED) is 0.160. The van der Waals surface area contributed by atoms with Crippen molar-refractivity contribution in [3.63, 3.8) is 0 Å². The van der Waals surface area contributed by atoms with E-state index in [0.29, 0.717) is 25.2 Å². The van der Waals surface area contributed by atoms with Gasteiger partial charge in [-0.1, -0.05) is 80.1 Å². The fraction of sp³-hybridized carbons (Fsp3) is 0.459. The number of likely N-dealkylation sites (N-methyl/N-ethyl adjacent to an activating group) is 1. The maximum Gasteiger partial charge on any atom is 0.224 e. The number of benzene rings is 3. The van der Waals surface area contributed by atoms with Crippen LogP contribution in [0.1, 0.15) is 87.2 Å². The summed E-state index contributed by atoms with van der Waals surface area (Å²) < 4.78 is 13.2. The number of aliphatic hydroxyl groups is 2. The van der Waals surface area contributed by atoms with Gasteiger partial charge < -0.3 is 30.3 Å². The molecule has 6 atom stereocenters. The van der Waals surface area contributed by atoms with E-state index in [0.717, 1.165) is 41.5 Å². The van der Waals surface area contributed by atoms with E-state index in [-0.39, 0.29) is 42.6 Å². The van der Waals surface area contributed by atoms with E-state index in [4.69, 9.17) is 9.47 Å². The van der Waals surface area contributed by atoms with Crippen LogP contribution in [0.25, 0.3) is 0 Å². The van der Waals surface area contributed by atoms with Crippen molar-refractivity contribution in [3.8, 4) is 0 Å². The Morgan fingerprint density at radius 1 is 0.913 bits per heavy atom. The first-order valence-corrected chi connectivity index (χ1v) is 16.2. The summed E-state index contributed by atoms with van der Waals surface area (Å²) in [6.45, 7) is 6.82. The largest absolute Gasteiger partial charge is 0.392 e. The van der Waals surface area contributed by atoms with Gasteiger partial charge in [0, 0.05) is 49.6 Å². The number of anilines is 1. The Morgan fingerprint density at radius 2 is 1.59 bits per heavy atom. The molecule has 0 radical (unpaired) electrons. The number of nitrogens with one attached hydrogen (secondary N) is 2. The van der Waals surface area contributed by atoms with Crippen molar-refractivity contribution in [2.75, 3.05) is 25.5 Å². The molecule has 9 nitrogen and oxygen atoms in total. The van der Waals surface area contributed by atoms with E-state index >= 15 is 0 Å². The molecular formula is C37H49N3O6. The highest BCUT2D eigenvalue weighted by Crippen LogP contribution is 2.42. The maximum atomic E-state index is 12.5. The minimum atomic E-state index is -0.648. The van der Waals surface area contributed by atoms with Gasteiger partial charge in [-0.3, -0.25) is 14.5 Å². The number of carbonyl (C=O) groups excluding carboxylic acids is 2. The molecule has 1 saturated heterocycles. The second kappa shape index (κ2) is 17.4. The molecule has 4 rings (SSSR count). The molecule has 0 unspecified atom stereocenters. The van der Waals surface area contributed by atoms with Crippen LogP contribution in [0.2, 0.25) is 0 Å². The molecule has 1 heterocycles. The second-order valence-corrected chi connectivity index (χ2v) is 12.3. The first-order valence-electron chi connectivity index (χ1n) is 16.2. The topological polar surface area (TPSA) is 120 Å². The number of amides is 2. The fourth-order valence-electron chi connectivity index (χ4n) is 5.75. The number of rotatable bonds is 15. The van der Waals surface area contributed by atoms with Gasteiger partial charge in [0.15, 0.2) is 6.29 Å². The number of hydrogen-bond donors (Lipinski definition) is 4. The predicted octanol–water partition coefficient (Wildman–Crippen LogP) is 5.66. The van der Waals surface area contributed by atoms with Crippen molar-refractivity contribution < 1.29 is 29.3 Å². The number of ether oxygens (including phenoxy) is 2. The summed E-state index contributed by atoms with van der Waals surface area (Å²) in [7, 11) is 2.00. The Balaban J connectivity index is 1.43. The predicted molar refractivity (Wildman–Crippen MR) is 179 cm³/mol. The third kappa shape index (κ3) is 9.95. The smallest absolute Gasteiger partial charge is 0.224 e. The van der Waals surface area contributed by atoms with Crippen molar-refractivity contribution in [2.45, 2.75) is 83.7 Å². The van der Waals surface area contributed by atoms with Crippen LogP contribution < -0.4 is 10.6 Å². The van der Waals surface area contributed by atoms with Gasteiger partial charge in [0.05, 0.1) is 24.9 Å². The fourth-order valence-corrected chi connectivity index (χ4v) is 5.75. The molecular weight excluding hydrogens is 582 g/mol. The molecule has 0 saturated carbocycles. The van der Waals surface area contributed by atoms with Gasteiger partial charge in [-0.2, -0.15) is 0 Å². The van der Waals surface area contributed by atoms with E-state index in [1.165, 1.54) is 6.92 Å². The zero-order valence-corrected chi connectivity index (χ0v) is 27.4. The number of aliphatic hydroxyl groups excluding tert-OH is 2. The third-order valence-electron chi connectivity index (χ3n) is 8.81. The molecule has 0 aromatic heterocycles. The first-order chi connectivity index (χ1) is 22.2. The lowest BCUT2D eigenvalue weighted by molar-refractivity contribution is -0.276. The zero-order chi connectivity index (χ0) is 33.1. The van der Waals surface area contributed by atoms with E-state index in [1.54, 1.807) is 0 Å². The van der Waals surface area contributed by atoms with Crippen molar-refractivity contribution in [1.29, 1.82) is 0 Å². The highest BCUT2D eigenvalue weighted by Gasteiger charge is 2.39. The number of unbranched alkanes of at least 4 members (excludes halogenated alkanes) is 2. The van der Waals surface area contributed by atoms with E-state index in [1.807, 2.05) is 92.8 Å². The average molecular weight is 632 g/mol. The summed E-state index contributed by atoms with van der Waals surface area (Å²) in [5, 5.41) is 26.4. The summed E-state index contributed by atoms with van der Waals surface area (Å²) in [6, 6.07) is 24.9. The summed E-state index contributed by atoms with van der Waals surface area (Å²) in [5.74, 6) is -0.0906. The van der Waals surface area contributed by atoms with E-state index in [9.17, 15) is 19.8 Å². The van der Waals surface area contributed by atoms with Crippen molar-refractivity contribution in [1.82, 2.24) is 10.2 Å². The van der Waals surface area contributed by atoms with E-state index in [2.05, 4.69) is 22.5 Å². The van der Waals surface area contributed by atoms with Crippen molar-refractivity contribution >= 4 is 17.5 Å². The second-order valence-electron chi connectivity index (χ2n) is 12.3. The third-order valence-corrected chi connectivity index (χ3v) is 8.81. The Bertz CT molecular complexity index is 1370. The molecule has 46 heavy (non-hydrogen) atoms. The Morgan fingerprint density at radius 3 is 2.24 bits per heavy atom. The Kier molecular flexibility index (Phi) is 13.3. The lowest BCUT2D eigenvalue weighted by atomic mass is 9.89. The van der Waals surface area contributed by atoms with Gasteiger partial charge in [-0.25, -0.2) is 0 Å². The molecule has 3 aromatic rings. The molecule has 248 valence electrons. The van der Waals surface area contributed by atoms with Gasteiger partial charge in [0.1, 0.15) is 0 Å². The SMILES string of the molecule is CC(=O)NCCCCCC(=O)Nc1ccc([C@H]2O[C@@H](CN(C)[C@@H](C)[C@H](O)c3ccccc3)[C@@H](C)[C@@H](c3ccc(CO)cc3)O2)cc1. The molecule has 9 heteroatoms. The van der Waals surface area contributed by atoms with Crippen LogP contribution >= 0.6 is 0 Å². The van der Waals surface area contributed by atoms with Crippen LogP contribution in [0, 0.1) is 5.92 Å². The molecule has 0 bridgehead atoms. The van der Waals surface area contributed by atoms with Gasteiger partial charge in [0.2, 0.25) is 11.8 Å². The van der Waals surface area contributed by atoms with Gasteiger partial charge in [-0.15, -0.1) is 0 Å². The van der Waals surface area contributed by atoms with Crippen LogP contribution in [0.15, 0.2) is 78.9 Å². The van der Waals surface area contributed by atoms with Crippen molar-refractivity contribution in [2.24, 2.45) is 5.92 Å². The van der Waals surface area contributed by atoms with Crippen LogP contribution in [-0.2, 0) is 25.7 Å².